The third-order valence-electron chi connectivity index (χ3n) is 4.70. The van der Waals surface area contributed by atoms with Crippen LogP contribution in [-0.2, 0) is 20.7 Å². The maximum Gasteiger partial charge on any atom is 0.225 e. The largest absolute Gasteiger partial charge is 0.376 e. The van der Waals surface area contributed by atoms with Crippen molar-refractivity contribution >= 4 is 11.8 Å². The second-order valence-corrected chi connectivity index (χ2v) is 6.50. The summed E-state index contributed by atoms with van der Waals surface area (Å²) < 4.78 is 18.4. The molecule has 0 spiro atoms. The molecule has 2 aliphatic rings. The first-order chi connectivity index (χ1) is 11.6. The SMILES string of the molecule is O=C(NC[C@@H]1CCCO1)[C@H]1CC(=O)N(CCc2ccc(F)cc2)C1. The van der Waals surface area contributed by atoms with E-state index in [2.05, 4.69) is 5.32 Å². The van der Waals surface area contributed by atoms with E-state index in [9.17, 15) is 14.0 Å². The molecular formula is C18H23FN2O3. The molecule has 3 rings (SSSR count). The van der Waals surface area contributed by atoms with E-state index in [0.717, 1.165) is 25.0 Å². The Morgan fingerprint density at radius 2 is 2.12 bits per heavy atom. The molecule has 0 unspecified atom stereocenters. The summed E-state index contributed by atoms with van der Waals surface area (Å²) in [4.78, 5) is 26.0. The standard InChI is InChI=1S/C18H23FN2O3/c19-15-5-3-13(4-6-15)7-8-21-12-14(10-17(21)22)18(23)20-11-16-2-1-9-24-16/h3-6,14,16H,1-2,7-12H2,(H,20,23)/t14-,16-/m0/s1. The minimum Gasteiger partial charge on any atom is -0.376 e. The van der Waals surface area contributed by atoms with Crippen LogP contribution >= 0.6 is 0 Å². The molecule has 6 heteroatoms. The van der Waals surface area contributed by atoms with Crippen LogP contribution in [0.3, 0.4) is 0 Å². The van der Waals surface area contributed by atoms with Gasteiger partial charge in [0.1, 0.15) is 5.82 Å². The van der Waals surface area contributed by atoms with Gasteiger partial charge in [0.15, 0.2) is 0 Å². The molecule has 0 radical (unpaired) electrons. The number of carbonyl (C=O) groups excluding carboxylic acids is 2. The smallest absolute Gasteiger partial charge is 0.225 e. The van der Waals surface area contributed by atoms with Crippen molar-refractivity contribution < 1.29 is 18.7 Å². The van der Waals surface area contributed by atoms with Gasteiger partial charge >= 0.3 is 0 Å². The van der Waals surface area contributed by atoms with E-state index >= 15 is 0 Å². The monoisotopic (exact) mass is 334 g/mol. The summed E-state index contributed by atoms with van der Waals surface area (Å²) in [7, 11) is 0. The number of likely N-dealkylation sites (tertiary alicyclic amines) is 1. The van der Waals surface area contributed by atoms with Crippen molar-refractivity contribution in [2.75, 3.05) is 26.2 Å². The number of nitrogens with one attached hydrogen (secondary N) is 1. The summed E-state index contributed by atoms with van der Waals surface area (Å²) in [5, 5.41) is 2.90. The summed E-state index contributed by atoms with van der Waals surface area (Å²) >= 11 is 0. The number of ether oxygens (including phenoxy) is 1. The maximum atomic E-state index is 12.9. The molecule has 1 N–H and O–H groups in total. The van der Waals surface area contributed by atoms with Gasteiger partial charge in [0, 0.05) is 32.7 Å². The second-order valence-electron chi connectivity index (χ2n) is 6.50. The van der Waals surface area contributed by atoms with Crippen LogP contribution in [-0.4, -0.2) is 49.1 Å². The van der Waals surface area contributed by atoms with Crippen molar-refractivity contribution in [2.45, 2.75) is 31.8 Å². The van der Waals surface area contributed by atoms with Gasteiger partial charge in [0.25, 0.3) is 0 Å². The van der Waals surface area contributed by atoms with Crippen LogP contribution < -0.4 is 5.32 Å². The number of benzene rings is 1. The molecule has 0 aliphatic carbocycles. The number of rotatable bonds is 6. The van der Waals surface area contributed by atoms with Gasteiger partial charge in [-0.2, -0.15) is 0 Å². The van der Waals surface area contributed by atoms with Gasteiger partial charge < -0.3 is 15.0 Å². The molecule has 0 saturated carbocycles. The minimum atomic E-state index is -0.285. The molecule has 5 nitrogen and oxygen atoms in total. The number of hydrogen-bond donors (Lipinski definition) is 1. The highest BCUT2D eigenvalue weighted by Crippen LogP contribution is 2.19. The normalized spacial score (nSPS) is 23.7. The molecule has 2 amide bonds. The van der Waals surface area contributed by atoms with Crippen molar-refractivity contribution in [3.63, 3.8) is 0 Å². The maximum absolute atomic E-state index is 12.9. The van der Waals surface area contributed by atoms with E-state index < -0.39 is 0 Å². The van der Waals surface area contributed by atoms with Gasteiger partial charge in [-0.05, 0) is 37.0 Å². The van der Waals surface area contributed by atoms with Crippen molar-refractivity contribution in [2.24, 2.45) is 5.92 Å². The highest BCUT2D eigenvalue weighted by atomic mass is 19.1. The Kier molecular flexibility index (Phi) is 5.45. The summed E-state index contributed by atoms with van der Waals surface area (Å²) in [6.45, 7) is 2.30. The number of nitrogens with zero attached hydrogens (tertiary/aromatic N) is 1. The van der Waals surface area contributed by atoms with Crippen LogP contribution in [0.15, 0.2) is 24.3 Å². The molecular weight excluding hydrogens is 311 g/mol. The Labute approximate surface area is 141 Å². The van der Waals surface area contributed by atoms with E-state index in [1.807, 2.05) is 0 Å². The minimum absolute atomic E-state index is 0.00868. The van der Waals surface area contributed by atoms with Gasteiger partial charge in [-0.1, -0.05) is 12.1 Å². The van der Waals surface area contributed by atoms with Crippen LogP contribution in [0.1, 0.15) is 24.8 Å². The lowest BCUT2D eigenvalue weighted by Gasteiger charge is -2.17. The van der Waals surface area contributed by atoms with Crippen molar-refractivity contribution in [3.8, 4) is 0 Å². The third kappa shape index (κ3) is 4.32. The van der Waals surface area contributed by atoms with Crippen LogP contribution in [0, 0.1) is 11.7 Å². The molecule has 2 fully saturated rings. The highest BCUT2D eigenvalue weighted by molar-refractivity contribution is 5.89. The fourth-order valence-electron chi connectivity index (χ4n) is 3.24. The fraction of sp³-hybridized carbons (Fsp3) is 0.556. The number of carbonyl (C=O) groups is 2. The average molecular weight is 334 g/mol. The lowest BCUT2D eigenvalue weighted by Crippen LogP contribution is -2.37. The van der Waals surface area contributed by atoms with E-state index in [-0.39, 0.29) is 36.1 Å². The predicted octanol–water partition coefficient (Wildman–Crippen LogP) is 1.51. The van der Waals surface area contributed by atoms with Crippen LogP contribution in [0.25, 0.3) is 0 Å². The fourth-order valence-corrected chi connectivity index (χ4v) is 3.24. The van der Waals surface area contributed by atoms with Gasteiger partial charge in [0.05, 0.1) is 12.0 Å². The Morgan fingerprint density at radius 1 is 1.33 bits per heavy atom. The van der Waals surface area contributed by atoms with Crippen molar-refractivity contribution in [1.82, 2.24) is 10.2 Å². The van der Waals surface area contributed by atoms with E-state index in [4.69, 9.17) is 4.74 Å². The highest BCUT2D eigenvalue weighted by Gasteiger charge is 2.34. The van der Waals surface area contributed by atoms with Crippen molar-refractivity contribution in [3.05, 3.63) is 35.6 Å². The Hall–Kier alpha value is -1.95. The van der Waals surface area contributed by atoms with Crippen LogP contribution in [0.4, 0.5) is 4.39 Å². The molecule has 2 aliphatic heterocycles. The number of halogens is 1. The zero-order chi connectivity index (χ0) is 16.9. The molecule has 0 bridgehead atoms. The first-order valence-electron chi connectivity index (χ1n) is 8.53. The quantitative estimate of drug-likeness (QED) is 0.858. The lowest BCUT2D eigenvalue weighted by molar-refractivity contribution is -0.129. The lowest BCUT2D eigenvalue weighted by atomic mass is 10.1. The summed E-state index contributed by atoms with van der Waals surface area (Å²) in [6, 6.07) is 6.29. The zero-order valence-electron chi connectivity index (χ0n) is 13.7. The Morgan fingerprint density at radius 3 is 2.83 bits per heavy atom. The zero-order valence-corrected chi connectivity index (χ0v) is 13.7. The summed E-state index contributed by atoms with van der Waals surface area (Å²) in [5.74, 6) is -0.608. The van der Waals surface area contributed by atoms with Gasteiger partial charge in [0.2, 0.25) is 11.8 Å². The topological polar surface area (TPSA) is 58.6 Å². The molecule has 0 aromatic heterocycles. The Bertz CT molecular complexity index is 584. The molecule has 2 atom stereocenters. The third-order valence-corrected chi connectivity index (χ3v) is 4.70. The van der Waals surface area contributed by atoms with E-state index in [1.54, 1.807) is 17.0 Å². The van der Waals surface area contributed by atoms with Gasteiger partial charge in [-0.25, -0.2) is 4.39 Å². The second kappa shape index (κ2) is 7.75. The Balaban J connectivity index is 1.44. The van der Waals surface area contributed by atoms with Crippen LogP contribution in [0.5, 0.6) is 0 Å². The van der Waals surface area contributed by atoms with E-state index in [1.165, 1.54) is 12.1 Å². The number of amides is 2. The molecule has 2 heterocycles. The molecule has 1 aromatic carbocycles. The molecule has 24 heavy (non-hydrogen) atoms. The summed E-state index contributed by atoms with van der Waals surface area (Å²) in [5.41, 5.74) is 0.982. The summed E-state index contributed by atoms with van der Waals surface area (Å²) in [6.07, 6.45) is 3.06. The van der Waals surface area contributed by atoms with Crippen LogP contribution in [0.2, 0.25) is 0 Å². The van der Waals surface area contributed by atoms with Gasteiger partial charge in [-0.15, -0.1) is 0 Å². The first kappa shape index (κ1) is 16.9. The molecule has 2 saturated heterocycles. The van der Waals surface area contributed by atoms with Gasteiger partial charge in [-0.3, -0.25) is 9.59 Å². The van der Waals surface area contributed by atoms with Crippen molar-refractivity contribution in [1.29, 1.82) is 0 Å². The first-order valence-corrected chi connectivity index (χ1v) is 8.53. The molecule has 1 aromatic rings. The predicted molar refractivity (Wildman–Crippen MR) is 86.8 cm³/mol. The number of hydrogen-bond acceptors (Lipinski definition) is 3. The average Bonchev–Trinajstić information content (AvgIpc) is 3.22. The van der Waals surface area contributed by atoms with E-state index in [0.29, 0.717) is 26.1 Å². The molecule has 130 valence electrons.